The fraction of sp³-hybridized carbons (Fsp3) is 0.300. The first-order valence-electron chi connectivity index (χ1n) is 8.51. The summed E-state index contributed by atoms with van der Waals surface area (Å²) < 4.78 is 2.31. The molecule has 0 bridgehead atoms. The molecule has 4 nitrogen and oxygen atoms in total. The highest BCUT2D eigenvalue weighted by atomic mass is 16.2. The van der Waals surface area contributed by atoms with Crippen LogP contribution < -0.4 is 4.90 Å². The van der Waals surface area contributed by atoms with Crippen molar-refractivity contribution in [1.82, 2.24) is 9.55 Å². The van der Waals surface area contributed by atoms with Crippen LogP contribution in [0.5, 0.6) is 0 Å². The minimum atomic E-state index is 0.163. The Kier molecular flexibility index (Phi) is 3.81. The van der Waals surface area contributed by atoms with Crippen molar-refractivity contribution in [3.63, 3.8) is 0 Å². The average molecular weight is 319 g/mol. The fourth-order valence-corrected chi connectivity index (χ4v) is 3.59. The predicted octanol–water partition coefficient (Wildman–Crippen LogP) is 3.97. The third-order valence-electron chi connectivity index (χ3n) is 4.97. The molecule has 24 heavy (non-hydrogen) atoms. The molecular weight excluding hydrogens is 298 g/mol. The molecule has 0 fully saturated rings. The van der Waals surface area contributed by atoms with Gasteiger partial charge in [0.15, 0.2) is 0 Å². The molecular formula is C20H21N3O. The lowest BCUT2D eigenvalue weighted by Gasteiger charge is -2.18. The monoisotopic (exact) mass is 319 g/mol. The summed E-state index contributed by atoms with van der Waals surface area (Å²) in [5, 5.41) is 0. The van der Waals surface area contributed by atoms with Crippen molar-refractivity contribution in [2.75, 3.05) is 11.9 Å². The maximum atomic E-state index is 12.5. The van der Waals surface area contributed by atoms with Gasteiger partial charge in [-0.2, -0.15) is 0 Å². The molecule has 0 spiro atoms. The molecule has 1 aliphatic rings. The molecule has 1 aromatic heterocycles. The minimum Gasteiger partial charge on any atom is -0.328 e. The van der Waals surface area contributed by atoms with Gasteiger partial charge in [0.1, 0.15) is 5.82 Å². The van der Waals surface area contributed by atoms with Crippen molar-refractivity contribution in [2.24, 2.45) is 0 Å². The summed E-state index contributed by atoms with van der Waals surface area (Å²) in [5.74, 6) is 1.69. The van der Waals surface area contributed by atoms with Crippen LogP contribution in [0.4, 0.5) is 5.69 Å². The van der Waals surface area contributed by atoms with Crippen molar-refractivity contribution in [2.45, 2.75) is 31.7 Å². The number of carbonyl (C=O) groups is 1. The number of hydrogen-bond donors (Lipinski definition) is 0. The molecule has 1 aliphatic heterocycles. The van der Waals surface area contributed by atoms with Gasteiger partial charge in [-0.15, -0.1) is 0 Å². The molecule has 1 atom stereocenters. The molecule has 4 rings (SSSR count). The van der Waals surface area contributed by atoms with Gasteiger partial charge in [-0.05, 0) is 37.1 Å². The molecule has 0 saturated heterocycles. The van der Waals surface area contributed by atoms with Crippen molar-refractivity contribution >= 4 is 22.6 Å². The van der Waals surface area contributed by atoms with Gasteiger partial charge < -0.3 is 9.47 Å². The zero-order valence-corrected chi connectivity index (χ0v) is 13.9. The van der Waals surface area contributed by atoms with Gasteiger partial charge in [-0.25, -0.2) is 4.98 Å². The Hall–Kier alpha value is -2.62. The molecule has 4 heteroatoms. The van der Waals surface area contributed by atoms with E-state index in [-0.39, 0.29) is 5.91 Å². The normalized spacial score (nSPS) is 16.3. The Morgan fingerprint density at radius 3 is 2.75 bits per heavy atom. The van der Waals surface area contributed by atoms with Crippen LogP contribution in [0.25, 0.3) is 11.0 Å². The number of benzene rings is 2. The van der Waals surface area contributed by atoms with Crippen molar-refractivity contribution in [1.29, 1.82) is 0 Å². The second-order valence-electron chi connectivity index (χ2n) is 6.42. The second kappa shape index (κ2) is 6.11. The average Bonchev–Trinajstić information content (AvgIpc) is 3.19. The topological polar surface area (TPSA) is 38.1 Å². The molecule has 0 saturated carbocycles. The molecule has 2 aromatic carbocycles. The number of para-hydroxylation sites is 3. The Morgan fingerprint density at radius 2 is 1.92 bits per heavy atom. The maximum Gasteiger partial charge on any atom is 0.226 e. The summed E-state index contributed by atoms with van der Waals surface area (Å²) in [6.45, 7) is 1.00. The summed E-state index contributed by atoms with van der Waals surface area (Å²) in [5.41, 5.74) is 3.22. The molecule has 1 amide bonds. The standard InChI is InChI=1S/C20H21N3O/c1-22(16-7-3-2-4-8-16)19(24)12-11-15-13-14-23-18-10-6-5-9-17(18)21-20(15)23/h2-10,15H,11-14H2,1H3. The number of amides is 1. The van der Waals surface area contributed by atoms with E-state index in [1.807, 2.05) is 43.4 Å². The SMILES string of the molecule is CN(C(=O)CCC1CCn2c1nc1ccccc12)c1ccccc1. The first kappa shape index (κ1) is 14.9. The lowest BCUT2D eigenvalue weighted by molar-refractivity contribution is -0.118. The Balaban J connectivity index is 1.45. The Morgan fingerprint density at radius 1 is 1.17 bits per heavy atom. The molecule has 3 aromatic rings. The van der Waals surface area contributed by atoms with Crippen LogP contribution in [-0.4, -0.2) is 22.5 Å². The van der Waals surface area contributed by atoms with E-state index in [1.54, 1.807) is 4.90 Å². The second-order valence-corrected chi connectivity index (χ2v) is 6.42. The molecule has 0 aliphatic carbocycles. The summed E-state index contributed by atoms with van der Waals surface area (Å²) >= 11 is 0. The van der Waals surface area contributed by atoms with Gasteiger partial charge in [0.05, 0.1) is 11.0 Å². The molecule has 122 valence electrons. The smallest absolute Gasteiger partial charge is 0.226 e. The third kappa shape index (κ3) is 2.58. The van der Waals surface area contributed by atoms with E-state index >= 15 is 0 Å². The highest BCUT2D eigenvalue weighted by Crippen LogP contribution is 2.34. The van der Waals surface area contributed by atoms with Crippen LogP contribution in [0.1, 0.15) is 31.0 Å². The zero-order valence-electron chi connectivity index (χ0n) is 13.9. The third-order valence-corrected chi connectivity index (χ3v) is 4.97. The molecule has 1 unspecified atom stereocenters. The number of fused-ring (bicyclic) bond motifs is 3. The van der Waals surface area contributed by atoms with Crippen LogP contribution in [-0.2, 0) is 11.3 Å². The van der Waals surface area contributed by atoms with Gasteiger partial charge in [0.25, 0.3) is 0 Å². The van der Waals surface area contributed by atoms with E-state index in [0.717, 1.165) is 36.4 Å². The predicted molar refractivity (Wildman–Crippen MR) is 96.2 cm³/mol. The van der Waals surface area contributed by atoms with Crippen LogP contribution in [0.3, 0.4) is 0 Å². The molecule has 2 heterocycles. The van der Waals surface area contributed by atoms with Gasteiger partial charge in [-0.1, -0.05) is 30.3 Å². The van der Waals surface area contributed by atoms with E-state index in [4.69, 9.17) is 4.98 Å². The summed E-state index contributed by atoms with van der Waals surface area (Å²) in [6, 6.07) is 18.1. The Bertz CT molecular complexity index is 869. The summed E-state index contributed by atoms with van der Waals surface area (Å²) in [6.07, 6.45) is 2.49. The summed E-state index contributed by atoms with van der Waals surface area (Å²) in [4.78, 5) is 19.0. The number of aryl methyl sites for hydroxylation is 1. The number of imidazole rings is 1. The number of hydrogen-bond acceptors (Lipinski definition) is 2. The number of aromatic nitrogens is 2. The van der Waals surface area contributed by atoms with Gasteiger partial charge in [-0.3, -0.25) is 4.79 Å². The van der Waals surface area contributed by atoms with Crippen molar-refractivity contribution < 1.29 is 4.79 Å². The highest BCUT2D eigenvalue weighted by Gasteiger charge is 2.27. The zero-order chi connectivity index (χ0) is 16.5. The van der Waals surface area contributed by atoms with Gasteiger partial charge >= 0.3 is 0 Å². The van der Waals surface area contributed by atoms with E-state index in [1.165, 1.54) is 5.52 Å². The van der Waals surface area contributed by atoms with E-state index in [9.17, 15) is 4.79 Å². The lowest BCUT2D eigenvalue weighted by Crippen LogP contribution is -2.26. The van der Waals surface area contributed by atoms with E-state index in [0.29, 0.717) is 12.3 Å². The molecule has 0 N–H and O–H groups in total. The van der Waals surface area contributed by atoms with Crippen molar-refractivity contribution in [3.8, 4) is 0 Å². The number of nitrogens with zero attached hydrogens (tertiary/aromatic N) is 3. The first-order chi connectivity index (χ1) is 11.7. The van der Waals surface area contributed by atoms with E-state index < -0.39 is 0 Å². The number of carbonyl (C=O) groups excluding carboxylic acids is 1. The number of anilines is 1. The largest absolute Gasteiger partial charge is 0.328 e. The van der Waals surface area contributed by atoms with E-state index in [2.05, 4.69) is 22.8 Å². The Labute approximate surface area is 141 Å². The van der Waals surface area contributed by atoms with Crippen molar-refractivity contribution in [3.05, 3.63) is 60.4 Å². The van der Waals surface area contributed by atoms with Crippen LogP contribution in [0, 0.1) is 0 Å². The van der Waals surface area contributed by atoms with Gasteiger partial charge in [0, 0.05) is 31.6 Å². The number of rotatable bonds is 4. The van der Waals surface area contributed by atoms with Crippen LogP contribution in [0.15, 0.2) is 54.6 Å². The molecule has 0 radical (unpaired) electrons. The minimum absolute atomic E-state index is 0.163. The van der Waals surface area contributed by atoms with Crippen LogP contribution in [0.2, 0.25) is 0 Å². The maximum absolute atomic E-state index is 12.5. The fourth-order valence-electron chi connectivity index (χ4n) is 3.59. The van der Waals surface area contributed by atoms with Gasteiger partial charge in [0.2, 0.25) is 5.91 Å². The summed E-state index contributed by atoms with van der Waals surface area (Å²) in [7, 11) is 1.85. The highest BCUT2D eigenvalue weighted by molar-refractivity contribution is 5.92. The lowest BCUT2D eigenvalue weighted by atomic mass is 10.0. The van der Waals surface area contributed by atoms with Crippen LogP contribution >= 0.6 is 0 Å². The first-order valence-corrected chi connectivity index (χ1v) is 8.51. The quantitative estimate of drug-likeness (QED) is 0.730.